The minimum absolute atomic E-state index is 0.0661. The van der Waals surface area contributed by atoms with Crippen LogP contribution in [0.25, 0.3) is 10.6 Å². The lowest BCUT2D eigenvalue weighted by atomic mass is 10.1. The van der Waals surface area contributed by atoms with E-state index in [0.29, 0.717) is 17.2 Å². The Labute approximate surface area is 175 Å². The quantitative estimate of drug-likeness (QED) is 0.482. The van der Waals surface area contributed by atoms with Crippen LogP contribution in [0.1, 0.15) is 17.4 Å². The number of thiophene rings is 1. The fourth-order valence-electron chi connectivity index (χ4n) is 2.65. The first-order valence-electron chi connectivity index (χ1n) is 8.83. The van der Waals surface area contributed by atoms with Crippen LogP contribution in [0.15, 0.2) is 47.2 Å². The Hall–Kier alpha value is -2.45. The zero-order valence-corrected chi connectivity index (χ0v) is 17.7. The van der Waals surface area contributed by atoms with Gasteiger partial charge in [0.2, 0.25) is 0 Å². The number of halogens is 1. The van der Waals surface area contributed by atoms with Gasteiger partial charge in [-0.05, 0) is 31.0 Å². The van der Waals surface area contributed by atoms with Crippen molar-refractivity contribution < 1.29 is 14.6 Å². The predicted octanol–water partition coefficient (Wildman–Crippen LogP) is 4.65. The molecule has 146 valence electrons. The summed E-state index contributed by atoms with van der Waals surface area (Å²) in [4.78, 5) is 21.2. The summed E-state index contributed by atoms with van der Waals surface area (Å²) < 4.78 is 6.64. The maximum atomic E-state index is 11.1. The predicted molar refractivity (Wildman–Crippen MR) is 114 cm³/mol. The third kappa shape index (κ3) is 5.53. The number of anilines is 1. The van der Waals surface area contributed by atoms with Crippen molar-refractivity contribution >= 4 is 39.1 Å². The molecule has 0 spiro atoms. The minimum atomic E-state index is -0.882. The van der Waals surface area contributed by atoms with Crippen LogP contribution < -0.4 is 10.1 Å². The number of hydrogen-bond acceptors (Lipinski definition) is 6. The third-order valence-corrected chi connectivity index (χ3v) is 5.60. The summed E-state index contributed by atoms with van der Waals surface area (Å²) in [6.45, 7) is 3.10. The number of aromatic nitrogens is 2. The van der Waals surface area contributed by atoms with Crippen LogP contribution in [0.5, 0.6) is 5.75 Å². The normalized spacial score (nSPS) is 10.6. The molecule has 0 bridgehead atoms. The monoisotopic (exact) mass is 461 g/mol. The van der Waals surface area contributed by atoms with Gasteiger partial charge in [-0.15, -0.1) is 11.3 Å². The zero-order chi connectivity index (χ0) is 19.9. The summed E-state index contributed by atoms with van der Waals surface area (Å²) in [5, 5.41) is 12.4. The Kier molecular flexibility index (Phi) is 7.00. The van der Waals surface area contributed by atoms with E-state index < -0.39 is 5.97 Å². The molecule has 0 unspecified atom stereocenters. The molecule has 0 radical (unpaired) electrons. The van der Waals surface area contributed by atoms with Crippen LogP contribution in [0, 0.1) is 0 Å². The maximum absolute atomic E-state index is 11.1. The average Bonchev–Trinajstić information content (AvgIpc) is 3.06. The lowest BCUT2D eigenvalue weighted by Crippen LogP contribution is -2.06. The second-order valence-corrected chi connectivity index (χ2v) is 8.05. The molecule has 0 saturated heterocycles. The fraction of sp³-hybridized carbons (Fsp3) is 0.250. The molecule has 2 N–H and O–H groups in total. The van der Waals surface area contributed by atoms with Gasteiger partial charge in [-0.1, -0.05) is 28.1 Å². The van der Waals surface area contributed by atoms with Gasteiger partial charge in [0.1, 0.15) is 17.9 Å². The number of hydrogen-bond donors (Lipinski definition) is 2. The Morgan fingerprint density at radius 2 is 2.04 bits per heavy atom. The van der Waals surface area contributed by atoms with Gasteiger partial charge in [-0.25, -0.2) is 9.97 Å². The van der Waals surface area contributed by atoms with E-state index in [1.54, 1.807) is 0 Å². The number of ether oxygens (including phenoxy) is 1. The molecule has 0 amide bonds. The highest BCUT2D eigenvalue weighted by Gasteiger charge is 2.15. The minimum Gasteiger partial charge on any atom is -0.493 e. The van der Waals surface area contributed by atoms with Crippen molar-refractivity contribution in [2.45, 2.75) is 19.8 Å². The molecule has 0 saturated carbocycles. The first kappa shape index (κ1) is 20.3. The van der Waals surface area contributed by atoms with Gasteiger partial charge in [0.15, 0.2) is 0 Å². The molecule has 0 aliphatic carbocycles. The molecule has 3 rings (SSSR count). The van der Waals surface area contributed by atoms with Crippen LogP contribution in [-0.2, 0) is 17.6 Å². The molecule has 0 atom stereocenters. The molecule has 0 fully saturated rings. The lowest BCUT2D eigenvalue weighted by Gasteiger charge is -2.06. The number of aliphatic carboxylic acids is 1. The van der Waals surface area contributed by atoms with Crippen molar-refractivity contribution in [2.24, 2.45) is 0 Å². The zero-order valence-electron chi connectivity index (χ0n) is 15.3. The van der Waals surface area contributed by atoms with Gasteiger partial charge in [0.05, 0.1) is 28.5 Å². The first-order chi connectivity index (χ1) is 13.5. The summed E-state index contributed by atoms with van der Waals surface area (Å²) in [6.07, 6.45) is 2.32. The maximum Gasteiger partial charge on any atom is 0.308 e. The van der Waals surface area contributed by atoms with E-state index >= 15 is 0 Å². The van der Waals surface area contributed by atoms with E-state index in [0.717, 1.165) is 33.8 Å². The van der Waals surface area contributed by atoms with Crippen molar-refractivity contribution in [1.29, 1.82) is 0 Å². The van der Waals surface area contributed by atoms with E-state index in [2.05, 4.69) is 43.3 Å². The van der Waals surface area contributed by atoms with Gasteiger partial charge >= 0.3 is 5.97 Å². The van der Waals surface area contributed by atoms with Gasteiger partial charge < -0.3 is 15.2 Å². The number of carboxylic acids is 1. The molecular weight excluding hydrogens is 442 g/mol. The van der Waals surface area contributed by atoms with Crippen molar-refractivity contribution in [3.8, 4) is 16.3 Å². The standard InChI is InChI=1S/C20H20BrN3O3S/c1-2-27-16-10-17(28-18(16)11-20(25)26)15-9-19(24-12-23-15)22-8-7-13-3-5-14(21)6-4-13/h3-6,9-10,12H,2,7-8,11H2,1H3,(H,25,26)(H,22,23,24). The van der Waals surface area contributed by atoms with Crippen LogP contribution in [-0.4, -0.2) is 34.2 Å². The van der Waals surface area contributed by atoms with Crippen LogP contribution in [0.3, 0.4) is 0 Å². The highest BCUT2D eigenvalue weighted by atomic mass is 79.9. The number of carbonyl (C=O) groups is 1. The molecule has 0 aliphatic rings. The van der Waals surface area contributed by atoms with Gasteiger partial charge in [-0.2, -0.15) is 0 Å². The molecule has 2 aromatic heterocycles. The van der Waals surface area contributed by atoms with E-state index in [1.807, 2.05) is 31.2 Å². The van der Waals surface area contributed by atoms with Crippen molar-refractivity contribution in [3.63, 3.8) is 0 Å². The highest BCUT2D eigenvalue weighted by molar-refractivity contribution is 9.10. The number of nitrogens with zero attached hydrogens (tertiary/aromatic N) is 2. The molecular formula is C20H20BrN3O3S. The summed E-state index contributed by atoms with van der Waals surface area (Å²) >= 11 is 4.82. The molecule has 0 aliphatic heterocycles. The molecule has 2 heterocycles. The fourth-order valence-corrected chi connectivity index (χ4v) is 3.98. The van der Waals surface area contributed by atoms with Crippen LogP contribution >= 0.6 is 27.3 Å². The molecule has 3 aromatic rings. The number of rotatable bonds is 9. The highest BCUT2D eigenvalue weighted by Crippen LogP contribution is 2.36. The van der Waals surface area contributed by atoms with Crippen LogP contribution in [0.2, 0.25) is 0 Å². The average molecular weight is 462 g/mol. The van der Waals surface area contributed by atoms with Crippen LogP contribution in [0.4, 0.5) is 5.82 Å². The van der Waals surface area contributed by atoms with Crippen molar-refractivity contribution in [3.05, 3.63) is 57.6 Å². The molecule has 1 aromatic carbocycles. The van der Waals surface area contributed by atoms with Gasteiger partial charge in [0.25, 0.3) is 0 Å². The molecule has 6 nitrogen and oxygen atoms in total. The van der Waals surface area contributed by atoms with E-state index in [1.165, 1.54) is 23.2 Å². The largest absolute Gasteiger partial charge is 0.493 e. The third-order valence-electron chi connectivity index (χ3n) is 3.93. The summed E-state index contributed by atoms with van der Waals surface area (Å²) in [7, 11) is 0. The van der Waals surface area contributed by atoms with Crippen molar-refractivity contribution in [1.82, 2.24) is 9.97 Å². The first-order valence-corrected chi connectivity index (χ1v) is 10.4. The summed E-state index contributed by atoms with van der Waals surface area (Å²) in [5.41, 5.74) is 1.98. The van der Waals surface area contributed by atoms with Gasteiger partial charge in [-0.3, -0.25) is 4.79 Å². The van der Waals surface area contributed by atoms with Gasteiger partial charge in [0, 0.05) is 23.2 Å². The van der Waals surface area contributed by atoms with Crippen molar-refractivity contribution in [2.75, 3.05) is 18.5 Å². The Morgan fingerprint density at radius 1 is 1.25 bits per heavy atom. The second kappa shape index (κ2) is 9.66. The van der Waals surface area contributed by atoms with E-state index in [4.69, 9.17) is 9.84 Å². The Morgan fingerprint density at radius 3 is 2.75 bits per heavy atom. The number of nitrogens with one attached hydrogen (secondary N) is 1. The second-order valence-electron chi connectivity index (χ2n) is 5.99. The molecule has 8 heteroatoms. The SMILES string of the molecule is CCOc1cc(-c2cc(NCCc3ccc(Br)cc3)ncn2)sc1CC(=O)O. The smallest absolute Gasteiger partial charge is 0.308 e. The lowest BCUT2D eigenvalue weighted by molar-refractivity contribution is -0.136. The summed E-state index contributed by atoms with van der Waals surface area (Å²) in [6, 6.07) is 11.9. The number of carboxylic acid groups (broad SMARTS) is 1. The summed E-state index contributed by atoms with van der Waals surface area (Å²) in [5.74, 6) is 0.453. The Balaban J connectivity index is 1.70. The molecule has 28 heavy (non-hydrogen) atoms. The number of benzene rings is 1. The van der Waals surface area contributed by atoms with E-state index in [9.17, 15) is 4.79 Å². The Bertz CT molecular complexity index is 944. The van der Waals surface area contributed by atoms with E-state index in [-0.39, 0.29) is 6.42 Å². The topological polar surface area (TPSA) is 84.3 Å².